The molecule has 8 nitrogen and oxygen atoms in total. The molecular weight excluding hydrogens is 402 g/mol. The molecule has 5 rings (SSSR count). The Morgan fingerprint density at radius 1 is 1.07 bits per heavy atom. The molecule has 0 unspecified atom stereocenters. The van der Waals surface area contributed by atoms with Crippen LogP contribution in [0.4, 0.5) is 5.69 Å². The summed E-state index contributed by atoms with van der Waals surface area (Å²) in [6.07, 6.45) is 1.52. The molecule has 9 heteroatoms. The van der Waals surface area contributed by atoms with Gasteiger partial charge in [0.2, 0.25) is 0 Å². The maximum atomic E-state index is 12.8. The number of nitrogens with one attached hydrogen (secondary N) is 1. The van der Waals surface area contributed by atoms with Gasteiger partial charge in [-0.1, -0.05) is 6.07 Å². The molecule has 0 aliphatic carbocycles. The number of hydrogen-bond donors (Lipinski definition) is 1. The maximum Gasteiger partial charge on any atom is 0.265 e. The molecule has 3 heterocycles. The van der Waals surface area contributed by atoms with Gasteiger partial charge in [0.05, 0.1) is 10.6 Å². The highest BCUT2D eigenvalue weighted by molar-refractivity contribution is 7.17. The predicted molar refractivity (Wildman–Crippen MR) is 113 cm³/mol. The van der Waals surface area contributed by atoms with Gasteiger partial charge in [-0.05, 0) is 70.9 Å². The minimum atomic E-state index is -0.171. The van der Waals surface area contributed by atoms with Crippen LogP contribution in [0.5, 0.6) is 11.5 Å². The first-order valence-corrected chi connectivity index (χ1v) is 10.1. The summed E-state index contributed by atoms with van der Waals surface area (Å²) in [6.45, 7) is 3.06. The van der Waals surface area contributed by atoms with Crippen molar-refractivity contribution in [1.82, 2.24) is 20.2 Å². The molecule has 0 saturated heterocycles. The molecule has 30 heavy (non-hydrogen) atoms. The smallest absolute Gasteiger partial charge is 0.265 e. The van der Waals surface area contributed by atoms with E-state index in [9.17, 15) is 4.79 Å². The summed E-state index contributed by atoms with van der Waals surface area (Å²) >= 11 is 1.42. The van der Waals surface area contributed by atoms with E-state index in [1.165, 1.54) is 17.7 Å². The number of nitrogens with zero attached hydrogens (tertiary/aromatic N) is 4. The lowest BCUT2D eigenvalue weighted by Gasteiger charge is -2.18. The Bertz CT molecular complexity index is 1220. The number of anilines is 1. The van der Waals surface area contributed by atoms with Gasteiger partial charge < -0.3 is 14.8 Å². The zero-order chi connectivity index (χ0) is 20.5. The number of aryl methyl sites for hydroxylation is 1. The third-order valence-electron chi connectivity index (χ3n) is 4.72. The normalized spacial score (nSPS) is 12.6. The molecule has 150 valence electrons. The van der Waals surface area contributed by atoms with Crippen molar-refractivity contribution >= 4 is 22.9 Å². The molecular formula is C21H17N5O3S. The van der Waals surface area contributed by atoms with Crippen LogP contribution in [-0.4, -0.2) is 39.3 Å². The summed E-state index contributed by atoms with van der Waals surface area (Å²) in [7, 11) is 0. The van der Waals surface area contributed by atoms with Crippen molar-refractivity contribution in [2.75, 3.05) is 18.5 Å². The fourth-order valence-electron chi connectivity index (χ4n) is 3.21. The van der Waals surface area contributed by atoms with Gasteiger partial charge in [0.15, 0.2) is 11.5 Å². The van der Waals surface area contributed by atoms with Crippen LogP contribution in [0.3, 0.4) is 0 Å². The number of tetrazole rings is 1. The van der Waals surface area contributed by atoms with Gasteiger partial charge in [-0.15, -0.1) is 16.4 Å². The van der Waals surface area contributed by atoms with Crippen molar-refractivity contribution in [3.8, 4) is 27.6 Å². The second-order valence-corrected chi connectivity index (χ2v) is 7.82. The summed E-state index contributed by atoms with van der Waals surface area (Å²) in [5.74, 6) is 1.31. The van der Waals surface area contributed by atoms with E-state index in [2.05, 4.69) is 20.8 Å². The molecule has 2 aromatic heterocycles. The van der Waals surface area contributed by atoms with Gasteiger partial charge >= 0.3 is 0 Å². The number of aromatic nitrogens is 4. The number of rotatable bonds is 4. The Morgan fingerprint density at radius 2 is 1.93 bits per heavy atom. The number of hydrogen-bond acceptors (Lipinski definition) is 7. The maximum absolute atomic E-state index is 12.8. The van der Waals surface area contributed by atoms with Crippen molar-refractivity contribution in [1.29, 1.82) is 0 Å². The second kappa shape index (κ2) is 7.60. The fourth-order valence-corrected chi connectivity index (χ4v) is 4.11. The predicted octanol–water partition coefficient (Wildman–Crippen LogP) is 3.72. The minimum absolute atomic E-state index is 0.171. The van der Waals surface area contributed by atoms with Crippen LogP contribution in [0, 0.1) is 6.92 Å². The van der Waals surface area contributed by atoms with Gasteiger partial charge in [-0.3, -0.25) is 4.79 Å². The largest absolute Gasteiger partial charge is 0.486 e. The van der Waals surface area contributed by atoms with Crippen molar-refractivity contribution in [3.05, 3.63) is 65.3 Å². The number of thiophene rings is 1. The summed E-state index contributed by atoms with van der Waals surface area (Å²) in [5, 5.41) is 14.2. The van der Waals surface area contributed by atoms with Gasteiger partial charge in [0.25, 0.3) is 5.91 Å². The molecule has 1 amide bonds. The SMILES string of the molecule is Cc1ccc(NC(=O)c2ccc(-c3ccc4c(c3)OCCO4)s2)cc1-n1cnnn1. The topological polar surface area (TPSA) is 91.2 Å². The molecule has 0 radical (unpaired) electrons. The summed E-state index contributed by atoms with van der Waals surface area (Å²) in [5.41, 5.74) is 3.46. The Kier molecular flexibility index (Phi) is 4.64. The average Bonchev–Trinajstić information content (AvgIpc) is 3.47. The molecule has 1 aliphatic rings. The molecule has 4 aromatic rings. The van der Waals surface area contributed by atoms with E-state index in [0.29, 0.717) is 23.8 Å². The molecule has 0 saturated carbocycles. The summed E-state index contributed by atoms with van der Waals surface area (Å²) in [6, 6.07) is 15.2. The third-order valence-corrected chi connectivity index (χ3v) is 5.85. The van der Waals surface area contributed by atoms with E-state index in [4.69, 9.17) is 9.47 Å². The zero-order valence-electron chi connectivity index (χ0n) is 16.0. The Labute approximate surface area is 176 Å². The molecule has 1 aliphatic heterocycles. The quantitative estimate of drug-likeness (QED) is 0.542. The van der Waals surface area contributed by atoms with E-state index < -0.39 is 0 Å². The van der Waals surface area contributed by atoms with Gasteiger partial charge in [-0.25, -0.2) is 4.68 Å². The summed E-state index contributed by atoms with van der Waals surface area (Å²) < 4.78 is 12.8. The molecule has 1 N–H and O–H groups in total. The molecule has 0 atom stereocenters. The Balaban J connectivity index is 1.36. The van der Waals surface area contributed by atoms with E-state index in [1.807, 2.05) is 55.5 Å². The van der Waals surface area contributed by atoms with Crippen LogP contribution in [-0.2, 0) is 0 Å². The molecule has 0 spiro atoms. The van der Waals surface area contributed by atoms with E-state index >= 15 is 0 Å². The Hall–Kier alpha value is -3.72. The number of ether oxygens (including phenoxy) is 2. The molecule has 0 bridgehead atoms. The van der Waals surface area contributed by atoms with Crippen molar-refractivity contribution in [2.24, 2.45) is 0 Å². The van der Waals surface area contributed by atoms with Gasteiger partial charge in [-0.2, -0.15) is 0 Å². The van der Waals surface area contributed by atoms with Crippen LogP contribution in [0.2, 0.25) is 0 Å². The highest BCUT2D eigenvalue weighted by Crippen LogP contribution is 2.37. The number of fused-ring (bicyclic) bond motifs is 1. The van der Waals surface area contributed by atoms with Crippen molar-refractivity contribution < 1.29 is 14.3 Å². The number of carbonyl (C=O) groups is 1. The highest BCUT2D eigenvalue weighted by Gasteiger charge is 2.15. The van der Waals surface area contributed by atoms with Gasteiger partial charge in [0, 0.05) is 10.6 Å². The van der Waals surface area contributed by atoms with E-state index in [1.54, 1.807) is 4.68 Å². The minimum Gasteiger partial charge on any atom is -0.486 e. The van der Waals surface area contributed by atoms with E-state index in [-0.39, 0.29) is 5.91 Å². The fraction of sp³-hybridized carbons (Fsp3) is 0.143. The van der Waals surface area contributed by atoms with E-state index in [0.717, 1.165) is 33.2 Å². The number of carbonyl (C=O) groups excluding carboxylic acids is 1. The van der Waals surface area contributed by atoms with Gasteiger partial charge in [0.1, 0.15) is 19.5 Å². The van der Waals surface area contributed by atoms with Crippen LogP contribution < -0.4 is 14.8 Å². The average molecular weight is 419 g/mol. The van der Waals surface area contributed by atoms with Crippen LogP contribution in [0.1, 0.15) is 15.2 Å². The highest BCUT2D eigenvalue weighted by atomic mass is 32.1. The molecule has 2 aromatic carbocycles. The van der Waals surface area contributed by atoms with Crippen LogP contribution in [0.15, 0.2) is 54.9 Å². The lowest BCUT2D eigenvalue weighted by atomic mass is 10.1. The molecule has 0 fully saturated rings. The first-order chi connectivity index (χ1) is 14.7. The number of benzene rings is 2. The second-order valence-electron chi connectivity index (χ2n) is 6.73. The zero-order valence-corrected chi connectivity index (χ0v) is 16.8. The van der Waals surface area contributed by atoms with Crippen LogP contribution >= 0.6 is 11.3 Å². The van der Waals surface area contributed by atoms with Crippen LogP contribution in [0.25, 0.3) is 16.1 Å². The standard InChI is InChI=1S/C21H17N5O3S/c1-13-2-4-15(11-16(13)26-12-22-24-25-26)23-21(27)20-7-6-19(30-20)14-3-5-17-18(10-14)29-9-8-28-17/h2-7,10-12H,8-9H2,1H3,(H,23,27). The summed E-state index contributed by atoms with van der Waals surface area (Å²) in [4.78, 5) is 14.4. The lowest BCUT2D eigenvalue weighted by Crippen LogP contribution is -2.15. The first-order valence-electron chi connectivity index (χ1n) is 9.32. The Morgan fingerprint density at radius 3 is 2.77 bits per heavy atom. The van der Waals surface area contributed by atoms with Crippen molar-refractivity contribution in [2.45, 2.75) is 6.92 Å². The monoisotopic (exact) mass is 419 g/mol. The first kappa shape index (κ1) is 18.3. The lowest BCUT2D eigenvalue weighted by molar-refractivity contribution is 0.103. The number of amides is 1. The van der Waals surface area contributed by atoms with Crippen molar-refractivity contribution in [3.63, 3.8) is 0 Å². The third kappa shape index (κ3) is 3.50.